The maximum atomic E-state index is 11.9. The second kappa shape index (κ2) is 6.99. The second-order valence-electron chi connectivity index (χ2n) is 3.84. The van der Waals surface area contributed by atoms with Crippen molar-refractivity contribution in [1.29, 1.82) is 0 Å². The third kappa shape index (κ3) is 6.93. The van der Waals surface area contributed by atoms with Crippen molar-refractivity contribution in [3.05, 3.63) is 0 Å². The van der Waals surface area contributed by atoms with E-state index in [1.54, 1.807) is 13.8 Å². The summed E-state index contributed by atoms with van der Waals surface area (Å²) in [5.74, 6) is -0.0621. The predicted octanol–water partition coefficient (Wildman–Crippen LogP) is 3.19. The van der Waals surface area contributed by atoms with Crippen LogP contribution in [0.2, 0.25) is 0 Å². The van der Waals surface area contributed by atoms with E-state index in [0.717, 1.165) is 0 Å². The minimum absolute atomic E-state index is 0.0936. The molecule has 16 heavy (non-hydrogen) atoms. The van der Waals surface area contributed by atoms with E-state index in [4.69, 9.17) is 11.6 Å². The van der Waals surface area contributed by atoms with E-state index in [-0.39, 0.29) is 6.04 Å². The minimum Gasteiger partial charge on any atom is -0.340 e. The van der Waals surface area contributed by atoms with Crippen molar-refractivity contribution in [2.75, 3.05) is 12.4 Å². The zero-order valence-corrected chi connectivity index (χ0v) is 10.2. The molecule has 0 spiro atoms. The third-order valence-corrected chi connectivity index (χ3v) is 2.37. The van der Waals surface area contributed by atoms with Crippen LogP contribution in [0.5, 0.6) is 0 Å². The number of carbonyl (C=O) groups is 1. The van der Waals surface area contributed by atoms with Gasteiger partial charge in [-0.15, -0.1) is 11.6 Å². The first-order valence-corrected chi connectivity index (χ1v) is 5.73. The largest absolute Gasteiger partial charge is 0.389 e. The Morgan fingerprint density at radius 3 is 2.31 bits per heavy atom. The predicted molar refractivity (Wildman–Crippen MR) is 57.5 cm³/mol. The number of hydrogen-bond acceptors (Lipinski definition) is 1. The SMILES string of the molecule is CC(C)N(CCCCl)C(=O)CCC(F)(F)F. The molecule has 0 aliphatic carbocycles. The van der Waals surface area contributed by atoms with Gasteiger partial charge >= 0.3 is 6.18 Å². The molecule has 0 saturated carbocycles. The molecule has 0 aromatic carbocycles. The van der Waals surface area contributed by atoms with Gasteiger partial charge in [0.2, 0.25) is 5.91 Å². The molecule has 0 aromatic heterocycles. The van der Waals surface area contributed by atoms with Crippen LogP contribution in [0.3, 0.4) is 0 Å². The summed E-state index contributed by atoms with van der Waals surface area (Å²) < 4.78 is 35.8. The zero-order chi connectivity index (χ0) is 12.8. The number of rotatable bonds is 6. The van der Waals surface area contributed by atoms with Crippen molar-refractivity contribution in [2.45, 2.75) is 45.3 Å². The number of amides is 1. The van der Waals surface area contributed by atoms with Crippen LogP contribution in [0.15, 0.2) is 0 Å². The van der Waals surface area contributed by atoms with Crippen LogP contribution in [0.25, 0.3) is 0 Å². The highest BCUT2D eigenvalue weighted by Crippen LogP contribution is 2.22. The van der Waals surface area contributed by atoms with E-state index < -0.39 is 24.9 Å². The molecule has 0 aliphatic rings. The van der Waals surface area contributed by atoms with Crippen molar-refractivity contribution >= 4 is 17.5 Å². The van der Waals surface area contributed by atoms with Gasteiger partial charge < -0.3 is 4.90 Å². The van der Waals surface area contributed by atoms with Crippen molar-refractivity contribution in [2.24, 2.45) is 0 Å². The Hall–Kier alpha value is -0.450. The molecule has 0 aliphatic heterocycles. The van der Waals surface area contributed by atoms with Crippen molar-refractivity contribution < 1.29 is 18.0 Å². The molecule has 0 aromatic rings. The van der Waals surface area contributed by atoms with Crippen molar-refractivity contribution in [3.8, 4) is 0 Å². The molecule has 6 heteroatoms. The first kappa shape index (κ1) is 15.6. The van der Waals surface area contributed by atoms with E-state index in [2.05, 4.69) is 0 Å². The molecular weight excluding hydrogens is 243 g/mol. The standard InChI is InChI=1S/C10H17ClF3NO/c1-8(2)15(7-3-6-11)9(16)4-5-10(12,13)14/h8H,3-7H2,1-2H3. The number of carbonyl (C=O) groups excluding carboxylic acids is 1. The fourth-order valence-corrected chi connectivity index (χ4v) is 1.41. The van der Waals surface area contributed by atoms with Crippen molar-refractivity contribution in [3.63, 3.8) is 0 Å². The molecule has 0 saturated heterocycles. The molecule has 0 unspecified atom stereocenters. The van der Waals surface area contributed by atoms with E-state index in [1.807, 2.05) is 0 Å². The number of hydrogen-bond donors (Lipinski definition) is 0. The highest BCUT2D eigenvalue weighted by atomic mass is 35.5. The molecule has 0 bridgehead atoms. The van der Waals surface area contributed by atoms with E-state index in [0.29, 0.717) is 18.8 Å². The fraction of sp³-hybridized carbons (Fsp3) is 0.900. The summed E-state index contributed by atoms with van der Waals surface area (Å²) in [6.07, 6.45) is -5.22. The van der Waals surface area contributed by atoms with Gasteiger partial charge in [0.05, 0.1) is 6.42 Å². The van der Waals surface area contributed by atoms with Crippen LogP contribution in [0.4, 0.5) is 13.2 Å². The van der Waals surface area contributed by atoms with Gasteiger partial charge in [-0.3, -0.25) is 4.79 Å². The molecule has 0 N–H and O–H groups in total. The highest BCUT2D eigenvalue weighted by molar-refractivity contribution is 6.17. The Balaban J connectivity index is 4.17. The van der Waals surface area contributed by atoms with Crippen LogP contribution < -0.4 is 0 Å². The topological polar surface area (TPSA) is 20.3 Å². The molecule has 0 fully saturated rings. The van der Waals surface area contributed by atoms with Gasteiger partial charge in [-0.1, -0.05) is 0 Å². The molecule has 0 rings (SSSR count). The lowest BCUT2D eigenvalue weighted by molar-refractivity contribution is -0.150. The molecule has 0 atom stereocenters. The zero-order valence-electron chi connectivity index (χ0n) is 9.48. The molecule has 1 amide bonds. The minimum atomic E-state index is -4.27. The molecule has 2 nitrogen and oxygen atoms in total. The van der Waals surface area contributed by atoms with E-state index in [1.165, 1.54) is 4.90 Å². The lowest BCUT2D eigenvalue weighted by Gasteiger charge is -2.26. The Bertz CT molecular complexity index is 219. The van der Waals surface area contributed by atoms with Crippen LogP contribution in [-0.4, -0.2) is 35.4 Å². The summed E-state index contributed by atoms with van der Waals surface area (Å²) in [5.41, 5.74) is 0. The smallest absolute Gasteiger partial charge is 0.340 e. The molecular formula is C10H17ClF3NO. The average Bonchev–Trinajstić information content (AvgIpc) is 2.13. The average molecular weight is 260 g/mol. The summed E-state index contributed by atoms with van der Waals surface area (Å²) in [7, 11) is 0. The molecule has 96 valence electrons. The molecule has 0 heterocycles. The van der Waals surface area contributed by atoms with Crippen molar-refractivity contribution in [1.82, 2.24) is 4.90 Å². The summed E-state index contributed by atoms with van der Waals surface area (Å²) in [6, 6.07) is -0.0936. The van der Waals surface area contributed by atoms with Crippen LogP contribution in [-0.2, 0) is 4.79 Å². The first-order valence-electron chi connectivity index (χ1n) is 5.20. The van der Waals surface area contributed by atoms with Gasteiger partial charge in [0.15, 0.2) is 0 Å². The van der Waals surface area contributed by atoms with E-state index >= 15 is 0 Å². The van der Waals surface area contributed by atoms with Gasteiger partial charge in [-0.25, -0.2) is 0 Å². The lowest BCUT2D eigenvalue weighted by atomic mass is 10.2. The highest BCUT2D eigenvalue weighted by Gasteiger charge is 2.29. The van der Waals surface area contributed by atoms with Crippen LogP contribution >= 0.6 is 11.6 Å². The quantitative estimate of drug-likeness (QED) is 0.671. The van der Waals surface area contributed by atoms with E-state index in [9.17, 15) is 18.0 Å². The monoisotopic (exact) mass is 259 g/mol. The summed E-state index contributed by atoms with van der Waals surface area (Å²) >= 11 is 5.49. The normalized spacial score (nSPS) is 11.9. The Morgan fingerprint density at radius 2 is 1.94 bits per heavy atom. The first-order chi connectivity index (χ1) is 7.28. The maximum Gasteiger partial charge on any atom is 0.389 e. The Kier molecular flexibility index (Phi) is 6.79. The van der Waals surface area contributed by atoms with Gasteiger partial charge in [0, 0.05) is 24.9 Å². The third-order valence-electron chi connectivity index (χ3n) is 2.10. The van der Waals surface area contributed by atoms with Gasteiger partial charge in [-0.05, 0) is 20.3 Å². The number of alkyl halides is 4. The lowest BCUT2D eigenvalue weighted by Crippen LogP contribution is -2.38. The maximum absolute atomic E-state index is 11.9. The van der Waals surface area contributed by atoms with Gasteiger partial charge in [0.1, 0.15) is 0 Å². The summed E-state index contributed by atoms with van der Waals surface area (Å²) in [6.45, 7) is 3.97. The second-order valence-corrected chi connectivity index (χ2v) is 4.22. The van der Waals surface area contributed by atoms with Gasteiger partial charge in [-0.2, -0.15) is 13.2 Å². The fourth-order valence-electron chi connectivity index (χ4n) is 1.29. The summed E-state index contributed by atoms with van der Waals surface area (Å²) in [4.78, 5) is 13.0. The number of halogens is 4. The van der Waals surface area contributed by atoms with Crippen LogP contribution in [0.1, 0.15) is 33.1 Å². The molecule has 0 radical (unpaired) electrons. The Labute approximate surface area is 98.7 Å². The summed E-state index contributed by atoms with van der Waals surface area (Å²) in [5, 5.41) is 0. The van der Waals surface area contributed by atoms with Gasteiger partial charge in [0.25, 0.3) is 0 Å². The van der Waals surface area contributed by atoms with Crippen LogP contribution in [0, 0.1) is 0 Å². The Morgan fingerprint density at radius 1 is 1.38 bits per heavy atom. The number of nitrogens with zero attached hydrogens (tertiary/aromatic N) is 1.